The lowest BCUT2D eigenvalue weighted by Crippen LogP contribution is -2.31. The average molecular weight is 422 g/mol. The van der Waals surface area contributed by atoms with E-state index >= 15 is 0 Å². The summed E-state index contributed by atoms with van der Waals surface area (Å²) < 4.78 is 0. The van der Waals surface area contributed by atoms with Gasteiger partial charge in [-0.25, -0.2) is 0 Å². The van der Waals surface area contributed by atoms with E-state index in [2.05, 4.69) is 30.1 Å². The fourth-order valence-electron chi connectivity index (χ4n) is 4.81. The van der Waals surface area contributed by atoms with Crippen molar-refractivity contribution in [1.82, 2.24) is 15.1 Å². The topological polar surface area (TPSA) is 69.2 Å². The molecule has 6 heteroatoms. The number of nitrogens with zero attached hydrogens (tertiary/aromatic N) is 2. The molecule has 1 atom stereocenters. The molecule has 0 saturated carbocycles. The second kappa shape index (κ2) is 6.96. The van der Waals surface area contributed by atoms with Gasteiger partial charge >= 0.3 is 0 Å². The molecule has 2 N–H and O–H groups in total. The molecule has 0 saturated heterocycles. The van der Waals surface area contributed by atoms with Crippen molar-refractivity contribution in [2.75, 3.05) is 6.61 Å². The van der Waals surface area contributed by atoms with Gasteiger partial charge < -0.3 is 10.0 Å². The van der Waals surface area contributed by atoms with Crippen LogP contribution in [0.15, 0.2) is 42.5 Å². The first-order chi connectivity index (χ1) is 14.4. The van der Waals surface area contributed by atoms with Gasteiger partial charge in [0.15, 0.2) is 0 Å². The van der Waals surface area contributed by atoms with Crippen LogP contribution in [0.4, 0.5) is 0 Å². The zero-order chi connectivity index (χ0) is 21.0. The van der Waals surface area contributed by atoms with E-state index in [9.17, 15) is 9.90 Å². The molecular weight excluding hydrogens is 398 g/mol. The third kappa shape index (κ3) is 3.13. The van der Waals surface area contributed by atoms with Crippen LogP contribution < -0.4 is 0 Å². The molecule has 3 aromatic rings. The Balaban J connectivity index is 1.46. The maximum atomic E-state index is 13.1. The van der Waals surface area contributed by atoms with Crippen molar-refractivity contribution in [2.45, 2.75) is 39.3 Å². The molecule has 0 radical (unpaired) electrons. The lowest BCUT2D eigenvalue weighted by molar-refractivity contribution is 0.0615. The predicted molar refractivity (Wildman–Crippen MR) is 116 cm³/mol. The maximum absolute atomic E-state index is 13.1. The van der Waals surface area contributed by atoms with Crippen molar-refractivity contribution < 1.29 is 9.90 Å². The standard InChI is InChI=1S/C24H24ClN3O2/c1-24(2)10-19-20(11-24)26-27-22(19)15-5-8-18-16(9-15)12-28(23(18)30)21(13-29)14-3-6-17(25)7-4-14/h3-9,21,29H,10-13H2,1-2H3,(H,26,27)/t21-/m0/s1. The van der Waals surface area contributed by atoms with E-state index in [-0.39, 0.29) is 17.9 Å². The lowest BCUT2D eigenvalue weighted by Gasteiger charge is -2.26. The number of nitrogens with one attached hydrogen (secondary N) is 1. The highest BCUT2D eigenvalue weighted by molar-refractivity contribution is 6.30. The van der Waals surface area contributed by atoms with Crippen molar-refractivity contribution in [3.8, 4) is 11.3 Å². The lowest BCUT2D eigenvalue weighted by atomic mass is 9.90. The summed E-state index contributed by atoms with van der Waals surface area (Å²) >= 11 is 5.99. The summed E-state index contributed by atoms with van der Waals surface area (Å²) in [5, 5.41) is 18.4. The molecule has 30 heavy (non-hydrogen) atoms. The molecule has 1 aliphatic carbocycles. The predicted octanol–water partition coefficient (Wildman–Crippen LogP) is 4.54. The van der Waals surface area contributed by atoms with Gasteiger partial charge in [-0.3, -0.25) is 9.89 Å². The van der Waals surface area contributed by atoms with E-state index in [1.165, 1.54) is 11.3 Å². The van der Waals surface area contributed by atoms with Crippen LogP contribution in [-0.2, 0) is 19.4 Å². The Morgan fingerprint density at radius 2 is 1.97 bits per heavy atom. The number of hydrogen-bond donors (Lipinski definition) is 2. The minimum Gasteiger partial charge on any atom is -0.394 e. The Morgan fingerprint density at radius 1 is 1.20 bits per heavy atom. The average Bonchev–Trinajstić information content (AvgIpc) is 3.33. The molecule has 1 aromatic heterocycles. The van der Waals surface area contributed by atoms with Gasteiger partial charge in [-0.15, -0.1) is 0 Å². The second-order valence-electron chi connectivity index (χ2n) is 9.10. The molecule has 5 nitrogen and oxygen atoms in total. The van der Waals surface area contributed by atoms with E-state index in [4.69, 9.17) is 11.6 Å². The number of H-pyrrole nitrogens is 1. The number of benzene rings is 2. The van der Waals surface area contributed by atoms with Crippen molar-refractivity contribution in [2.24, 2.45) is 5.41 Å². The van der Waals surface area contributed by atoms with Crippen molar-refractivity contribution in [1.29, 1.82) is 0 Å². The minimum absolute atomic E-state index is 0.0565. The molecule has 1 aliphatic heterocycles. The van der Waals surface area contributed by atoms with Gasteiger partial charge in [0.2, 0.25) is 0 Å². The van der Waals surface area contributed by atoms with E-state index in [1.807, 2.05) is 24.3 Å². The number of carbonyl (C=O) groups excluding carboxylic acids is 1. The Kier molecular flexibility index (Phi) is 4.49. The number of hydrogen-bond acceptors (Lipinski definition) is 3. The quantitative estimate of drug-likeness (QED) is 0.649. The van der Waals surface area contributed by atoms with Gasteiger partial charge in [0, 0.05) is 34.0 Å². The van der Waals surface area contributed by atoms with Crippen LogP contribution in [0.3, 0.4) is 0 Å². The zero-order valence-corrected chi connectivity index (χ0v) is 17.8. The number of aliphatic hydroxyl groups is 1. The summed E-state index contributed by atoms with van der Waals surface area (Å²) in [6.45, 7) is 4.87. The van der Waals surface area contributed by atoms with Gasteiger partial charge in [-0.2, -0.15) is 5.10 Å². The second-order valence-corrected chi connectivity index (χ2v) is 9.54. The number of fused-ring (bicyclic) bond motifs is 2. The highest BCUT2D eigenvalue weighted by Crippen LogP contribution is 2.41. The van der Waals surface area contributed by atoms with Crippen LogP contribution in [0, 0.1) is 5.41 Å². The van der Waals surface area contributed by atoms with Crippen LogP contribution in [0.5, 0.6) is 0 Å². The first kappa shape index (κ1) is 19.3. The molecule has 0 bridgehead atoms. The van der Waals surface area contributed by atoms with Crippen molar-refractivity contribution in [3.05, 3.63) is 75.4 Å². The molecule has 0 unspecified atom stereocenters. The van der Waals surface area contributed by atoms with Gasteiger partial charge in [-0.1, -0.05) is 43.6 Å². The summed E-state index contributed by atoms with van der Waals surface area (Å²) in [6.07, 6.45) is 2.01. The first-order valence-electron chi connectivity index (χ1n) is 10.2. The SMILES string of the molecule is CC1(C)Cc2[nH]nc(-c3ccc4c(c3)CN([C@@H](CO)c3ccc(Cl)cc3)C4=O)c2C1. The molecule has 2 aromatic carbocycles. The Hall–Kier alpha value is -2.63. The third-order valence-corrected chi connectivity index (χ3v) is 6.53. The van der Waals surface area contributed by atoms with E-state index in [0.29, 0.717) is 17.1 Å². The number of aliphatic hydroxyl groups excluding tert-OH is 1. The summed E-state index contributed by atoms with van der Waals surface area (Å²) in [5.41, 5.74) is 7.31. The summed E-state index contributed by atoms with van der Waals surface area (Å²) in [4.78, 5) is 14.8. The van der Waals surface area contributed by atoms with Crippen LogP contribution in [-0.4, -0.2) is 32.7 Å². The number of halogens is 1. The molecule has 1 amide bonds. The Morgan fingerprint density at radius 3 is 2.70 bits per heavy atom. The van der Waals surface area contributed by atoms with Crippen LogP contribution in [0.1, 0.15) is 52.6 Å². The van der Waals surface area contributed by atoms with E-state index in [1.54, 1.807) is 17.0 Å². The molecular formula is C24H24ClN3O2. The molecule has 2 aliphatic rings. The Labute approximate surface area is 180 Å². The summed E-state index contributed by atoms with van der Waals surface area (Å²) in [6, 6.07) is 12.8. The molecule has 154 valence electrons. The van der Waals surface area contributed by atoms with Gasteiger partial charge in [0.05, 0.1) is 18.3 Å². The number of aromatic nitrogens is 2. The zero-order valence-electron chi connectivity index (χ0n) is 17.1. The summed E-state index contributed by atoms with van der Waals surface area (Å²) in [7, 11) is 0. The van der Waals surface area contributed by atoms with E-state index < -0.39 is 6.04 Å². The summed E-state index contributed by atoms with van der Waals surface area (Å²) in [5.74, 6) is -0.0565. The number of rotatable bonds is 4. The normalized spacial score (nSPS) is 17.9. The number of carbonyl (C=O) groups is 1. The molecule has 5 rings (SSSR count). The molecule has 0 spiro atoms. The first-order valence-corrected chi connectivity index (χ1v) is 10.6. The molecule has 0 fully saturated rings. The van der Waals surface area contributed by atoms with Gasteiger partial charge in [0.1, 0.15) is 0 Å². The van der Waals surface area contributed by atoms with Gasteiger partial charge in [-0.05, 0) is 53.6 Å². The Bertz CT molecular complexity index is 1130. The fourth-order valence-corrected chi connectivity index (χ4v) is 4.93. The van der Waals surface area contributed by atoms with Crippen molar-refractivity contribution >= 4 is 17.5 Å². The highest BCUT2D eigenvalue weighted by Gasteiger charge is 2.35. The number of amides is 1. The van der Waals surface area contributed by atoms with Crippen LogP contribution in [0.2, 0.25) is 5.02 Å². The third-order valence-electron chi connectivity index (χ3n) is 6.28. The largest absolute Gasteiger partial charge is 0.394 e. The highest BCUT2D eigenvalue weighted by atomic mass is 35.5. The minimum atomic E-state index is -0.402. The van der Waals surface area contributed by atoms with Crippen LogP contribution >= 0.6 is 11.6 Å². The smallest absolute Gasteiger partial charge is 0.255 e. The maximum Gasteiger partial charge on any atom is 0.255 e. The fraction of sp³-hybridized carbons (Fsp3) is 0.333. The van der Waals surface area contributed by atoms with Crippen molar-refractivity contribution in [3.63, 3.8) is 0 Å². The van der Waals surface area contributed by atoms with E-state index in [0.717, 1.165) is 35.2 Å². The monoisotopic (exact) mass is 421 g/mol. The molecule has 2 heterocycles. The van der Waals surface area contributed by atoms with Crippen LogP contribution in [0.25, 0.3) is 11.3 Å². The van der Waals surface area contributed by atoms with Gasteiger partial charge in [0.25, 0.3) is 5.91 Å². The number of aromatic amines is 1.